The summed E-state index contributed by atoms with van der Waals surface area (Å²) in [5.74, 6) is 0.867. The first-order valence-electron chi connectivity index (χ1n) is 7.84. The van der Waals surface area contributed by atoms with Crippen LogP contribution in [0.4, 0.5) is 0 Å². The molecule has 0 unspecified atom stereocenters. The van der Waals surface area contributed by atoms with Gasteiger partial charge < -0.3 is 14.4 Å². The van der Waals surface area contributed by atoms with E-state index in [0.717, 1.165) is 64.7 Å². The molecule has 0 aromatic carbocycles. The normalized spacial score (nSPS) is 22.4. The van der Waals surface area contributed by atoms with Gasteiger partial charge >= 0.3 is 0 Å². The maximum atomic E-state index is 12.0. The van der Waals surface area contributed by atoms with Crippen molar-refractivity contribution in [2.45, 2.75) is 32.8 Å². The van der Waals surface area contributed by atoms with E-state index < -0.39 is 0 Å². The standard InChI is InChI=1S/C15H28N2O3/c1-13(2)20-12-15(18)17-5-3-14(4-6-17)11-16-7-9-19-10-8-16/h13-14H,3-12H2,1-2H3. The fourth-order valence-corrected chi connectivity index (χ4v) is 2.84. The number of likely N-dealkylation sites (tertiary alicyclic amines) is 1. The van der Waals surface area contributed by atoms with Crippen LogP contribution in [0.5, 0.6) is 0 Å². The van der Waals surface area contributed by atoms with Crippen molar-refractivity contribution in [1.29, 1.82) is 0 Å². The van der Waals surface area contributed by atoms with Gasteiger partial charge in [-0.05, 0) is 32.6 Å². The Balaban J connectivity index is 1.65. The second-order valence-corrected chi connectivity index (χ2v) is 6.10. The summed E-state index contributed by atoms with van der Waals surface area (Å²) in [6.45, 7) is 10.9. The molecular weight excluding hydrogens is 256 g/mol. The monoisotopic (exact) mass is 284 g/mol. The van der Waals surface area contributed by atoms with Crippen LogP contribution >= 0.6 is 0 Å². The first-order valence-corrected chi connectivity index (χ1v) is 7.84. The van der Waals surface area contributed by atoms with Crippen molar-refractivity contribution in [2.75, 3.05) is 52.5 Å². The lowest BCUT2D eigenvalue weighted by Crippen LogP contribution is -2.45. The molecule has 2 saturated heterocycles. The fraction of sp³-hybridized carbons (Fsp3) is 0.933. The molecule has 1 amide bonds. The zero-order chi connectivity index (χ0) is 14.4. The Kier molecular flexibility index (Phi) is 6.26. The number of hydrogen-bond donors (Lipinski definition) is 0. The second kappa shape index (κ2) is 7.96. The summed E-state index contributed by atoms with van der Waals surface area (Å²) >= 11 is 0. The van der Waals surface area contributed by atoms with Gasteiger partial charge in [-0.3, -0.25) is 9.69 Å². The van der Waals surface area contributed by atoms with Gasteiger partial charge in [-0.2, -0.15) is 0 Å². The maximum Gasteiger partial charge on any atom is 0.248 e. The predicted octanol–water partition coefficient (Wildman–Crippen LogP) is 0.982. The molecule has 0 aromatic rings. The zero-order valence-electron chi connectivity index (χ0n) is 12.8. The molecule has 0 spiro atoms. The summed E-state index contributed by atoms with van der Waals surface area (Å²) < 4.78 is 10.8. The van der Waals surface area contributed by atoms with E-state index in [1.54, 1.807) is 0 Å². The summed E-state index contributed by atoms with van der Waals surface area (Å²) in [6, 6.07) is 0. The highest BCUT2D eigenvalue weighted by Gasteiger charge is 2.24. The zero-order valence-corrected chi connectivity index (χ0v) is 12.8. The molecule has 0 saturated carbocycles. The number of ether oxygens (including phenoxy) is 2. The third kappa shape index (κ3) is 5.04. The minimum atomic E-state index is 0.123. The molecule has 116 valence electrons. The van der Waals surface area contributed by atoms with Crippen molar-refractivity contribution in [3.05, 3.63) is 0 Å². The quantitative estimate of drug-likeness (QED) is 0.755. The average Bonchev–Trinajstić information content (AvgIpc) is 2.46. The van der Waals surface area contributed by atoms with Crippen LogP contribution < -0.4 is 0 Å². The molecule has 2 aliphatic rings. The molecule has 0 aromatic heterocycles. The van der Waals surface area contributed by atoms with Crippen LogP contribution in [0.3, 0.4) is 0 Å². The fourth-order valence-electron chi connectivity index (χ4n) is 2.84. The third-order valence-corrected chi connectivity index (χ3v) is 4.13. The number of carbonyl (C=O) groups is 1. The van der Waals surface area contributed by atoms with Crippen molar-refractivity contribution in [2.24, 2.45) is 5.92 Å². The lowest BCUT2D eigenvalue weighted by atomic mass is 9.96. The van der Waals surface area contributed by atoms with Crippen LogP contribution in [0.1, 0.15) is 26.7 Å². The van der Waals surface area contributed by atoms with Crippen molar-refractivity contribution in [3.63, 3.8) is 0 Å². The summed E-state index contributed by atoms with van der Waals surface area (Å²) in [5, 5.41) is 0. The van der Waals surface area contributed by atoms with Crippen LogP contribution in [0.2, 0.25) is 0 Å². The lowest BCUT2D eigenvalue weighted by molar-refractivity contribution is -0.139. The molecule has 20 heavy (non-hydrogen) atoms. The van der Waals surface area contributed by atoms with E-state index in [1.165, 1.54) is 0 Å². The van der Waals surface area contributed by atoms with Gasteiger partial charge in [0, 0.05) is 32.7 Å². The molecule has 2 heterocycles. The van der Waals surface area contributed by atoms with E-state index >= 15 is 0 Å². The van der Waals surface area contributed by atoms with Crippen LogP contribution in [-0.2, 0) is 14.3 Å². The smallest absolute Gasteiger partial charge is 0.248 e. The van der Waals surface area contributed by atoms with E-state index in [2.05, 4.69) is 4.90 Å². The summed E-state index contributed by atoms with van der Waals surface area (Å²) in [6.07, 6.45) is 2.35. The van der Waals surface area contributed by atoms with Crippen molar-refractivity contribution in [1.82, 2.24) is 9.80 Å². The van der Waals surface area contributed by atoms with E-state index in [0.29, 0.717) is 0 Å². The molecule has 0 bridgehead atoms. The van der Waals surface area contributed by atoms with Gasteiger partial charge in [0.1, 0.15) is 6.61 Å². The summed E-state index contributed by atoms with van der Waals surface area (Å²) in [4.78, 5) is 16.4. The highest BCUT2D eigenvalue weighted by atomic mass is 16.5. The van der Waals surface area contributed by atoms with Gasteiger partial charge in [-0.1, -0.05) is 0 Å². The Labute approximate surface area is 122 Å². The van der Waals surface area contributed by atoms with E-state index in [1.807, 2.05) is 18.7 Å². The summed E-state index contributed by atoms with van der Waals surface area (Å²) in [5.41, 5.74) is 0. The highest BCUT2D eigenvalue weighted by Crippen LogP contribution is 2.19. The van der Waals surface area contributed by atoms with E-state index in [4.69, 9.17) is 9.47 Å². The predicted molar refractivity (Wildman–Crippen MR) is 77.7 cm³/mol. The number of carbonyl (C=O) groups excluding carboxylic acids is 1. The first-order chi connectivity index (χ1) is 9.65. The van der Waals surface area contributed by atoms with Gasteiger partial charge in [0.2, 0.25) is 5.91 Å². The minimum Gasteiger partial charge on any atom is -0.379 e. The molecule has 5 heteroatoms. The maximum absolute atomic E-state index is 12.0. The minimum absolute atomic E-state index is 0.123. The van der Waals surface area contributed by atoms with E-state index in [9.17, 15) is 4.79 Å². The van der Waals surface area contributed by atoms with Crippen LogP contribution in [0, 0.1) is 5.92 Å². The summed E-state index contributed by atoms with van der Waals surface area (Å²) in [7, 11) is 0. The largest absolute Gasteiger partial charge is 0.379 e. The Bertz CT molecular complexity index is 295. The molecule has 2 aliphatic heterocycles. The molecule has 2 rings (SSSR count). The van der Waals surface area contributed by atoms with Crippen LogP contribution in [0.15, 0.2) is 0 Å². The van der Waals surface area contributed by atoms with Crippen molar-refractivity contribution in [3.8, 4) is 0 Å². The number of nitrogens with zero attached hydrogens (tertiary/aromatic N) is 2. The number of hydrogen-bond acceptors (Lipinski definition) is 4. The van der Waals surface area contributed by atoms with Gasteiger partial charge in [-0.25, -0.2) is 0 Å². The Hall–Kier alpha value is -0.650. The topological polar surface area (TPSA) is 42.0 Å². The SMILES string of the molecule is CC(C)OCC(=O)N1CCC(CN2CCOCC2)CC1. The number of amides is 1. The molecule has 0 N–H and O–H groups in total. The molecule has 0 aliphatic carbocycles. The number of piperidine rings is 1. The van der Waals surface area contributed by atoms with Gasteiger partial charge in [0.15, 0.2) is 0 Å². The Morgan fingerprint density at radius 1 is 1.20 bits per heavy atom. The molecule has 5 nitrogen and oxygen atoms in total. The van der Waals surface area contributed by atoms with Gasteiger partial charge in [0.05, 0.1) is 19.3 Å². The number of morpholine rings is 1. The van der Waals surface area contributed by atoms with Gasteiger partial charge in [-0.15, -0.1) is 0 Å². The van der Waals surface area contributed by atoms with Crippen LogP contribution in [-0.4, -0.2) is 74.4 Å². The molecule has 2 fully saturated rings. The lowest BCUT2D eigenvalue weighted by Gasteiger charge is -2.36. The Morgan fingerprint density at radius 3 is 2.45 bits per heavy atom. The molecule has 0 radical (unpaired) electrons. The van der Waals surface area contributed by atoms with Gasteiger partial charge in [0.25, 0.3) is 0 Å². The van der Waals surface area contributed by atoms with Crippen molar-refractivity contribution >= 4 is 5.91 Å². The molecular formula is C15H28N2O3. The molecule has 0 atom stereocenters. The Morgan fingerprint density at radius 2 is 1.85 bits per heavy atom. The second-order valence-electron chi connectivity index (χ2n) is 6.10. The van der Waals surface area contributed by atoms with E-state index in [-0.39, 0.29) is 18.6 Å². The van der Waals surface area contributed by atoms with Crippen molar-refractivity contribution < 1.29 is 14.3 Å². The third-order valence-electron chi connectivity index (χ3n) is 4.13. The average molecular weight is 284 g/mol. The van der Waals surface area contributed by atoms with Crippen LogP contribution in [0.25, 0.3) is 0 Å². The first kappa shape index (κ1) is 15.7. The number of rotatable bonds is 5. The highest BCUT2D eigenvalue weighted by molar-refractivity contribution is 5.77.